The van der Waals surface area contributed by atoms with Crippen LogP contribution in [-0.2, 0) is 0 Å². The Hall–Kier alpha value is -2.66. The average Bonchev–Trinajstić information content (AvgIpc) is 3.42. The standard InChI is InChI=1S/C23H22N2O2S/c1-2-4-17(5-3-1)18-7-9-19(10-8-18)20-14-28-23(25-20)24-13-16-6-11-21-22(12-16)27-15-26-21/h6-14,17H,1-5,15H2. The molecule has 0 amide bonds. The summed E-state index contributed by atoms with van der Waals surface area (Å²) in [5.74, 6) is 2.28. The molecule has 2 aliphatic rings. The number of rotatable bonds is 4. The van der Waals surface area contributed by atoms with E-state index in [0.29, 0.717) is 0 Å². The van der Waals surface area contributed by atoms with E-state index >= 15 is 0 Å². The molecule has 5 heteroatoms. The monoisotopic (exact) mass is 390 g/mol. The van der Waals surface area contributed by atoms with Crippen LogP contribution >= 0.6 is 11.3 Å². The van der Waals surface area contributed by atoms with Gasteiger partial charge in [-0.2, -0.15) is 0 Å². The molecule has 0 atom stereocenters. The van der Waals surface area contributed by atoms with Crippen molar-refractivity contribution in [3.05, 3.63) is 59.0 Å². The quantitative estimate of drug-likeness (QED) is 0.488. The summed E-state index contributed by atoms with van der Waals surface area (Å²) in [7, 11) is 0. The first kappa shape index (κ1) is 17.4. The van der Waals surface area contributed by atoms with Crippen LogP contribution in [0.4, 0.5) is 5.13 Å². The average molecular weight is 391 g/mol. The van der Waals surface area contributed by atoms with E-state index in [1.807, 2.05) is 24.4 Å². The predicted molar refractivity (Wildman–Crippen MR) is 113 cm³/mol. The molecule has 1 aliphatic heterocycles. The molecular weight excluding hydrogens is 368 g/mol. The highest BCUT2D eigenvalue weighted by molar-refractivity contribution is 7.13. The molecule has 1 aliphatic carbocycles. The van der Waals surface area contributed by atoms with Crippen LogP contribution < -0.4 is 9.47 Å². The largest absolute Gasteiger partial charge is 0.454 e. The van der Waals surface area contributed by atoms with Crippen LogP contribution in [0.5, 0.6) is 11.5 Å². The number of ether oxygens (including phenoxy) is 2. The highest BCUT2D eigenvalue weighted by atomic mass is 32.1. The lowest BCUT2D eigenvalue weighted by atomic mass is 9.84. The van der Waals surface area contributed by atoms with Crippen molar-refractivity contribution in [2.45, 2.75) is 38.0 Å². The first-order chi connectivity index (χ1) is 13.8. The second kappa shape index (κ2) is 7.76. The van der Waals surface area contributed by atoms with Crippen molar-refractivity contribution in [3.8, 4) is 22.8 Å². The number of fused-ring (bicyclic) bond motifs is 1. The predicted octanol–water partition coefficient (Wildman–Crippen LogP) is 6.34. The fourth-order valence-electron chi connectivity index (χ4n) is 3.94. The van der Waals surface area contributed by atoms with E-state index in [0.717, 1.165) is 39.4 Å². The molecule has 5 rings (SSSR count). The van der Waals surface area contributed by atoms with Gasteiger partial charge in [-0.3, -0.25) is 0 Å². The Labute approximate surface area is 168 Å². The first-order valence-corrected chi connectivity index (χ1v) is 10.7. The number of hydrogen-bond donors (Lipinski definition) is 0. The molecule has 0 saturated heterocycles. The molecule has 4 nitrogen and oxygen atoms in total. The molecule has 142 valence electrons. The maximum atomic E-state index is 5.41. The SMILES string of the molecule is C(=Nc1nc(-c2ccc(C3CCCCC3)cc2)cs1)c1ccc2c(c1)OCO2. The summed E-state index contributed by atoms with van der Waals surface area (Å²) in [4.78, 5) is 9.20. The number of thiazole rings is 1. The zero-order chi connectivity index (χ0) is 18.8. The van der Waals surface area contributed by atoms with E-state index < -0.39 is 0 Å². The van der Waals surface area contributed by atoms with E-state index in [4.69, 9.17) is 9.47 Å². The normalized spacial score (nSPS) is 16.7. The van der Waals surface area contributed by atoms with Crippen LogP contribution in [0, 0.1) is 0 Å². The third-order valence-electron chi connectivity index (χ3n) is 5.50. The van der Waals surface area contributed by atoms with E-state index in [1.54, 1.807) is 11.3 Å². The van der Waals surface area contributed by atoms with Gasteiger partial charge < -0.3 is 9.47 Å². The molecule has 0 N–H and O–H groups in total. The van der Waals surface area contributed by atoms with Gasteiger partial charge >= 0.3 is 0 Å². The maximum Gasteiger partial charge on any atom is 0.231 e. The summed E-state index contributed by atoms with van der Waals surface area (Å²) in [6.07, 6.45) is 8.59. The molecule has 2 aromatic carbocycles. The van der Waals surface area contributed by atoms with Crippen molar-refractivity contribution in [3.63, 3.8) is 0 Å². The van der Waals surface area contributed by atoms with E-state index in [2.05, 4.69) is 39.6 Å². The minimum Gasteiger partial charge on any atom is -0.454 e. The van der Waals surface area contributed by atoms with E-state index in [1.165, 1.54) is 37.7 Å². The molecule has 3 aromatic rings. The van der Waals surface area contributed by atoms with Crippen LogP contribution in [0.15, 0.2) is 52.8 Å². The lowest BCUT2D eigenvalue weighted by Crippen LogP contribution is -2.04. The lowest BCUT2D eigenvalue weighted by Gasteiger charge is -2.22. The fourth-order valence-corrected chi connectivity index (χ4v) is 4.61. The third kappa shape index (κ3) is 3.67. The number of benzene rings is 2. The van der Waals surface area contributed by atoms with Crippen molar-refractivity contribution >= 4 is 22.7 Å². The Balaban J connectivity index is 1.29. The van der Waals surface area contributed by atoms with Crippen LogP contribution in [0.1, 0.15) is 49.1 Å². The molecule has 1 saturated carbocycles. The molecule has 0 spiro atoms. The van der Waals surface area contributed by atoms with Crippen LogP contribution in [0.3, 0.4) is 0 Å². The minimum atomic E-state index is 0.283. The lowest BCUT2D eigenvalue weighted by molar-refractivity contribution is 0.174. The Morgan fingerprint density at radius 3 is 2.64 bits per heavy atom. The van der Waals surface area contributed by atoms with Gasteiger partial charge in [0.05, 0.1) is 5.69 Å². The van der Waals surface area contributed by atoms with E-state index in [-0.39, 0.29) is 6.79 Å². The number of aliphatic imine (C=N–C) groups is 1. The summed E-state index contributed by atoms with van der Waals surface area (Å²) in [5.41, 5.74) is 4.58. The van der Waals surface area contributed by atoms with Crippen LogP contribution in [-0.4, -0.2) is 18.0 Å². The molecular formula is C23H22N2O2S. The molecule has 0 bridgehead atoms. The second-order valence-corrected chi connectivity index (χ2v) is 8.18. The van der Waals surface area contributed by atoms with Gasteiger partial charge in [0.2, 0.25) is 11.9 Å². The zero-order valence-electron chi connectivity index (χ0n) is 15.6. The van der Waals surface area contributed by atoms with Crippen molar-refractivity contribution in [2.24, 2.45) is 4.99 Å². The summed E-state index contributed by atoms with van der Waals surface area (Å²) in [6.45, 7) is 0.283. The van der Waals surface area contributed by atoms with Gasteiger partial charge in [0.1, 0.15) is 0 Å². The van der Waals surface area contributed by atoms with Gasteiger partial charge in [-0.1, -0.05) is 43.5 Å². The van der Waals surface area contributed by atoms with Gasteiger partial charge in [-0.15, -0.1) is 11.3 Å². The zero-order valence-corrected chi connectivity index (χ0v) is 16.5. The van der Waals surface area contributed by atoms with Gasteiger partial charge in [-0.25, -0.2) is 9.98 Å². The van der Waals surface area contributed by atoms with Gasteiger partial charge in [-0.05, 0) is 48.1 Å². The Kier molecular flexibility index (Phi) is 4.83. The highest BCUT2D eigenvalue weighted by Crippen LogP contribution is 2.35. The van der Waals surface area contributed by atoms with Crippen LogP contribution in [0.25, 0.3) is 11.3 Å². The topological polar surface area (TPSA) is 43.7 Å². The Morgan fingerprint density at radius 2 is 1.79 bits per heavy atom. The fraction of sp³-hybridized carbons (Fsp3) is 0.304. The van der Waals surface area contributed by atoms with Crippen LogP contribution in [0.2, 0.25) is 0 Å². The minimum absolute atomic E-state index is 0.283. The molecule has 28 heavy (non-hydrogen) atoms. The smallest absolute Gasteiger partial charge is 0.231 e. The number of nitrogens with zero attached hydrogens (tertiary/aromatic N) is 2. The molecule has 0 unspecified atom stereocenters. The molecule has 1 fully saturated rings. The summed E-state index contributed by atoms with van der Waals surface area (Å²) < 4.78 is 10.7. The van der Waals surface area contributed by atoms with Crippen molar-refractivity contribution in [1.82, 2.24) is 4.98 Å². The van der Waals surface area contributed by atoms with E-state index in [9.17, 15) is 0 Å². The van der Waals surface area contributed by atoms with Crippen molar-refractivity contribution in [2.75, 3.05) is 6.79 Å². The van der Waals surface area contributed by atoms with Gasteiger partial charge in [0.25, 0.3) is 0 Å². The maximum absolute atomic E-state index is 5.41. The van der Waals surface area contributed by atoms with Gasteiger partial charge in [0.15, 0.2) is 11.5 Å². The Bertz CT molecular complexity index is 988. The molecule has 0 radical (unpaired) electrons. The van der Waals surface area contributed by atoms with Crippen molar-refractivity contribution < 1.29 is 9.47 Å². The summed E-state index contributed by atoms with van der Waals surface area (Å²) in [5, 5.41) is 2.83. The Morgan fingerprint density at radius 1 is 0.964 bits per heavy atom. The third-order valence-corrected chi connectivity index (χ3v) is 6.24. The summed E-state index contributed by atoms with van der Waals surface area (Å²) >= 11 is 1.56. The molecule has 1 aromatic heterocycles. The highest BCUT2D eigenvalue weighted by Gasteiger charge is 2.16. The van der Waals surface area contributed by atoms with Gasteiger partial charge in [0, 0.05) is 17.2 Å². The first-order valence-electron chi connectivity index (χ1n) is 9.85. The second-order valence-electron chi connectivity index (χ2n) is 7.34. The van der Waals surface area contributed by atoms with Crippen molar-refractivity contribution in [1.29, 1.82) is 0 Å². The summed E-state index contributed by atoms with van der Waals surface area (Å²) in [6, 6.07) is 14.8. The number of aromatic nitrogens is 1. The number of hydrogen-bond acceptors (Lipinski definition) is 5. The molecule has 2 heterocycles.